The molecule has 5 heteroatoms. The molecular weight excluding hydrogens is 412 g/mol. The Morgan fingerprint density at radius 1 is 1.06 bits per heavy atom. The monoisotopic (exact) mass is 444 g/mol. The van der Waals surface area contributed by atoms with Crippen molar-refractivity contribution in [2.45, 2.75) is 43.7 Å². The highest BCUT2D eigenvalue weighted by atomic mass is 16.5. The average molecular weight is 445 g/mol. The maximum Gasteiger partial charge on any atom is 0.238 e. The highest BCUT2D eigenvalue weighted by Crippen LogP contribution is 2.50. The smallest absolute Gasteiger partial charge is 0.238 e. The van der Waals surface area contributed by atoms with E-state index in [2.05, 4.69) is 28.4 Å². The van der Waals surface area contributed by atoms with Crippen LogP contribution in [0.5, 0.6) is 5.75 Å². The molecule has 1 aliphatic carbocycles. The molecule has 2 N–H and O–H groups in total. The van der Waals surface area contributed by atoms with E-state index in [1.54, 1.807) is 7.11 Å². The van der Waals surface area contributed by atoms with E-state index in [1.807, 2.05) is 48.5 Å². The molecule has 1 saturated carbocycles. The van der Waals surface area contributed by atoms with Crippen molar-refractivity contribution in [2.24, 2.45) is 5.92 Å². The standard InChI is InChI=1S/C28H32N2O3/c1-33-25-15-5-4-12-22(25)27-23-13-6-7-16-28(23,32)17-18-30(27)19-26(31)29-24-14-8-10-20-9-2-3-11-21(20)24/h2-5,8-12,14-15,23,27,32H,6-7,13,16-19H2,1H3,(H,29,31). The summed E-state index contributed by atoms with van der Waals surface area (Å²) in [5.74, 6) is 0.867. The summed E-state index contributed by atoms with van der Waals surface area (Å²) in [5.41, 5.74) is 1.22. The van der Waals surface area contributed by atoms with Gasteiger partial charge < -0.3 is 15.2 Å². The second kappa shape index (κ2) is 9.16. The highest BCUT2D eigenvalue weighted by molar-refractivity contribution is 6.02. The summed E-state index contributed by atoms with van der Waals surface area (Å²) in [5, 5.41) is 16.8. The van der Waals surface area contributed by atoms with Gasteiger partial charge >= 0.3 is 0 Å². The van der Waals surface area contributed by atoms with Gasteiger partial charge in [-0.2, -0.15) is 0 Å². The van der Waals surface area contributed by atoms with Crippen LogP contribution in [0.25, 0.3) is 10.8 Å². The molecule has 33 heavy (non-hydrogen) atoms. The van der Waals surface area contributed by atoms with Crippen molar-refractivity contribution < 1.29 is 14.6 Å². The summed E-state index contributed by atoms with van der Waals surface area (Å²) in [6, 6.07) is 22.0. The summed E-state index contributed by atoms with van der Waals surface area (Å²) >= 11 is 0. The van der Waals surface area contributed by atoms with Crippen LogP contribution in [-0.4, -0.2) is 41.7 Å². The number of fused-ring (bicyclic) bond motifs is 2. The number of anilines is 1. The number of ether oxygens (including phenoxy) is 1. The van der Waals surface area contributed by atoms with E-state index in [0.29, 0.717) is 13.0 Å². The van der Waals surface area contributed by atoms with E-state index in [1.165, 1.54) is 0 Å². The van der Waals surface area contributed by atoms with Gasteiger partial charge in [0, 0.05) is 35.1 Å². The molecule has 5 nitrogen and oxygen atoms in total. The number of benzene rings is 3. The van der Waals surface area contributed by atoms with Crippen LogP contribution in [0.3, 0.4) is 0 Å². The molecule has 0 bridgehead atoms. The van der Waals surface area contributed by atoms with Gasteiger partial charge in [0.05, 0.1) is 19.3 Å². The van der Waals surface area contributed by atoms with E-state index in [9.17, 15) is 9.90 Å². The van der Waals surface area contributed by atoms with Crippen LogP contribution in [0.15, 0.2) is 66.7 Å². The number of carbonyl (C=O) groups excluding carboxylic acids is 1. The van der Waals surface area contributed by atoms with E-state index >= 15 is 0 Å². The van der Waals surface area contributed by atoms with E-state index in [-0.39, 0.29) is 24.4 Å². The molecule has 2 fully saturated rings. The second-order valence-electron chi connectivity index (χ2n) is 9.44. The van der Waals surface area contributed by atoms with Gasteiger partial charge in [-0.25, -0.2) is 0 Å². The third-order valence-corrected chi connectivity index (χ3v) is 7.54. The third-order valence-electron chi connectivity index (χ3n) is 7.54. The van der Waals surface area contributed by atoms with Crippen LogP contribution in [0.1, 0.15) is 43.7 Å². The number of nitrogens with one attached hydrogen (secondary N) is 1. The van der Waals surface area contributed by atoms with Crippen molar-refractivity contribution in [3.63, 3.8) is 0 Å². The van der Waals surface area contributed by atoms with Crippen LogP contribution in [-0.2, 0) is 4.79 Å². The van der Waals surface area contributed by atoms with Gasteiger partial charge in [0.15, 0.2) is 0 Å². The fourth-order valence-corrected chi connectivity index (χ4v) is 5.95. The SMILES string of the molecule is COc1ccccc1C1C2CCCCC2(O)CCN1CC(=O)Nc1cccc2ccccc12. The van der Waals surface area contributed by atoms with Gasteiger partial charge in [0.1, 0.15) is 5.75 Å². The first-order valence-electron chi connectivity index (χ1n) is 12.0. The number of piperidine rings is 1. The molecule has 1 heterocycles. The van der Waals surface area contributed by atoms with Gasteiger partial charge in [-0.05, 0) is 36.8 Å². The zero-order chi connectivity index (χ0) is 22.8. The molecule has 0 aromatic heterocycles. The van der Waals surface area contributed by atoms with Crippen LogP contribution < -0.4 is 10.1 Å². The van der Waals surface area contributed by atoms with Crippen molar-refractivity contribution in [3.8, 4) is 5.75 Å². The molecule has 3 atom stereocenters. The highest BCUT2D eigenvalue weighted by Gasteiger charge is 2.49. The normalized spacial score (nSPS) is 25.4. The molecule has 1 saturated heterocycles. The molecule has 0 radical (unpaired) electrons. The quantitative estimate of drug-likeness (QED) is 0.571. The molecule has 1 aliphatic heterocycles. The Bertz CT molecular complexity index is 1140. The van der Waals surface area contributed by atoms with Crippen molar-refractivity contribution in [1.82, 2.24) is 4.90 Å². The predicted octanol–water partition coefficient (Wildman–Crippen LogP) is 5.16. The molecule has 3 aromatic rings. The van der Waals surface area contributed by atoms with Crippen molar-refractivity contribution in [1.29, 1.82) is 0 Å². The first-order chi connectivity index (χ1) is 16.1. The second-order valence-corrected chi connectivity index (χ2v) is 9.44. The Morgan fingerprint density at radius 2 is 1.85 bits per heavy atom. The van der Waals surface area contributed by atoms with Crippen LogP contribution in [0.4, 0.5) is 5.69 Å². The van der Waals surface area contributed by atoms with Gasteiger partial charge in [0.25, 0.3) is 0 Å². The van der Waals surface area contributed by atoms with Gasteiger partial charge in [-0.1, -0.05) is 67.4 Å². The molecule has 2 aliphatic rings. The Labute approximate surface area is 195 Å². The van der Waals surface area contributed by atoms with Crippen LogP contribution >= 0.6 is 0 Å². The number of hydrogen-bond donors (Lipinski definition) is 2. The summed E-state index contributed by atoms with van der Waals surface area (Å²) in [6.07, 6.45) is 4.66. The number of amides is 1. The first kappa shape index (κ1) is 21.9. The van der Waals surface area contributed by atoms with Gasteiger partial charge in [-0.15, -0.1) is 0 Å². The largest absolute Gasteiger partial charge is 0.496 e. The molecule has 0 spiro atoms. The summed E-state index contributed by atoms with van der Waals surface area (Å²) in [7, 11) is 1.69. The lowest BCUT2D eigenvalue weighted by Gasteiger charge is -2.52. The Kier molecular flexibility index (Phi) is 6.09. The summed E-state index contributed by atoms with van der Waals surface area (Å²) in [6.45, 7) is 0.956. The average Bonchev–Trinajstić information content (AvgIpc) is 2.84. The molecule has 5 rings (SSSR count). The fraction of sp³-hybridized carbons (Fsp3) is 0.393. The number of methoxy groups -OCH3 is 1. The minimum atomic E-state index is -0.674. The van der Waals surface area contributed by atoms with E-state index in [0.717, 1.165) is 53.5 Å². The first-order valence-corrected chi connectivity index (χ1v) is 12.0. The van der Waals surface area contributed by atoms with Crippen molar-refractivity contribution in [2.75, 3.05) is 25.5 Å². The summed E-state index contributed by atoms with van der Waals surface area (Å²) in [4.78, 5) is 15.5. The van der Waals surface area contributed by atoms with E-state index < -0.39 is 5.60 Å². The number of nitrogens with zero attached hydrogens (tertiary/aromatic N) is 1. The maximum absolute atomic E-state index is 13.2. The lowest BCUT2D eigenvalue weighted by molar-refractivity contribution is -0.135. The minimum absolute atomic E-state index is 0.0347. The van der Waals surface area contributed by atoms with Crippen molar-refractivity contribution >= 4 is 22.4 Å². The topological polar surface area (TPSA) is 61.8 Å². The van der Waals surface area contributed by atoms with E-state index in [4.69, 9.17) is 4.74 Å². The zero-order valence-electron chi connectivity index (χ0n) is 19.2. The number of para-hydroxylation sites is 1. The molecular formula is C28H32N2O3. The van der Waals surface area contributed by atoms with Crippen LogP contribution in [0, 0.1) is 5.92 Å². The van der Waals surface area contributed by atoms with Crippen LogP contribution in [0.2, 0.25) is 0 Å². The Morgan fingerprint density at radius 3 is 2.73 bits per heavy atom. The number of aliphatic hydroxyl groups is 1. The number of hydrogen-bond acceptors (Lipinski definition) is 4. The Balaban J connectivity index is 1.43. The van der Waals surface area contributed by atoms with Crippen molar-refractivity contribution in [3.05, 3.63) is 72.3 Å². The third kappa shape index (κ3) is 4.23. The number of carbonyl (C=O) groups is 1. The zero-order valence-corrected chi connectivity index (χ0v) is 19.2. The predicted molar refractivity (Wildman–Crippen MR) is 131 cm³/mol. The number of rotatable bonds is 5. The lowest BCUT2D eigenvalue weighted by atomic mass is 9.66. The summed E-state index contributed by atoms with van der Waals surface area (Å²) < 4.78 is 5.70. The lowest BCUT2D eigenvalue weighted by Crippen LogP contribution is -2.56. The molecule has 172 valence electrons. The number of likely N-dealkylation sites (tertiary alicyclic amines) is 1. The minimum Gasteiger partial charge on any atom is -0.496 e. The molecule has 3 unspecified atom stereocenters. The van der Waals surface area contributed by atoms with Gasteiger partial charge in [0.2, 0.25) is 5.91 Å². The Hall–Kier alpha value is -2.89. The molecule has 3 aromatic carbocycles. The molecule has 1 amide bonds. The maximum atomic E-state index is 13.2. The fourth-order valence-electron chi connectivity index (χ4n) is 5.95. The van der Waals surface area contributed by atoms with Gasteiger partial charge in [-0.3, -0.25) is 9.69 Å².